The molecule has 2 rings (SSSR count). The molecular weight excluding hydrogens is 236 g/mol. The second-order valence-corrected chi connectivity index (χ2v) is 4.75. The van der Waals surface area contributed by atoms with Gasteiger partial charge in [-0.15, -0.1) is 0 Å². The lowest BCUT2D eigenvalue weighted by Gasteiger charge is -2.38. The largest absolute Gasteiger partial charge is 0.468 e. The molecule has 1 aliphatic heterocycles. The number of carbonyl (C=O) groups is 2. The van der Waals surface area contributed by atoms with Crippen molar-refractivity contribution < 1.29 is 19.1 Å². The maximum Gasteiger partial charge on any atom is 0.323 e. The van der Waals surface area contributed by atoms with Crippen LogP contribution < -0.4 is 5.32 Å². The molecule has 1 saturated carbocycles. The lowest BCUT2D eigenvalue weighted by Crippen LogP contribution is -2.59. The fraction of sp³-hybridized carbons (Fsp3) is 0.833. The molecule has 2 aliphatic rings. The molecular formula is C12H20N2O4. The fourth-order valence-electron chi connectivity index (χ4n) is 2.47. The summed E-state index contributed by atoms with van der Waals surface area (Å²) in [5.41, 5.74) is 0. The van der Waals surface area contributed by atoms with Crippen LogP contribution in [0.3, 0.4) is 0 Å². The van der Waals surface area contributed by atoms with E-state index in [0.29, 0.717) is 25.7 Å². The molecule has 2 unspecified atom stereocenters. The van der Waals surface area contributed by atoms with E-state index in [4.69, 9.17) is 9.47 Å². The first-order valence-corrected chi connectivity index (χ1v) is 6.32. The number of ether oxygens (including phenoxy) is 2. The van der Waals surface area contributed by atoms with Gasteiger partial charge in [-0.1, -0.05) is 0 Å². The molecule has 6 heteroatoms. The van der Waals surface area contributed by atoms with Crippen LogP contribution in [-0.2, 0) is 19.1 Å². The highest BCUT2D eigenvalue weighted by atomic mass is 16.5. The van der Waals surface area contributed by atoms with E-state index in [0.717, 1.165) is 12.8 Å². The number of nitrogens with zero attached hydrogens (tertiary/aromatic N) is 1. The average molecular weight is 256 g/mol. The summed E-state index contributed by atoms with van der Waals surface area (Å²) >= 11 is 0. The van der Waals surface area contributed by atoms with Gasteiger partial charge >= 0.3 is 5.97 Å². The minimum atomic E-state index is -0.395. The molecule has 0 spiro atoms. The van der Waals surface area contributed by atoms with E-state index in [-0.39, 0.29) is 17.9 Å². The molecule has 6 nitrogen and oxygen atoms in total. The van der Waals surface area contributed by atoms with Crippen molar-refractivity contribution in [2.75, 3.05) is 33.9 Å². The fourth-order valence-corrected chi connectivity index (χ4v) is 2.47. The van der Waals surface area contributed by atoms with Gasteiger partial charge in [0.2, 0.25) is 5.91 Å². The number of methoxy groups -OCH3 is 1. The molecule has 2 atom stereocenters. The Morgan fingerprint density at radius 1 is 1.44 bits per heavy atom. The molecule has 1 amide bonds. The minimum Gasteiger partial charge on any atom is -0.468 e. The van der Waals surface area contributed by atoms with Gasteiger partial charge in [0.05, 0.1) is 20.3 Å². The molecule has 0 aromatic heterocycles. The first-order chi connectivity index (χ1) is 8.69. The number of nitrogens with one attached hydrogen (secondary N) is 1. The first-order valence-electron chi connectivity index (χ1n) is 6.32. The standard InChI is InChI=1S/C12H20N2O4/c1-13-11(15)9-7-18-6-5-14(9)10(8-3-4-8)12(16)17-2/h8-10H,3-7H2,1-2H3,(H,13,15). The number of morpholine rings is 1. The number of hydrogen-bond acceptors (Lipinski definition) is 5. The maximum atomic E-state index is 11.9. The number of likely N-dealkylation sites (N-methyl/N-ethyl adjacent to an activating group) is 1. The summed E-state index contributed by atoms with van der Waals surface area (Å²) in [5.74, 6) is -0.0275. The quantitative estimate of drug-likeness (QED) is 0.679. The van der Waals surface area contributed by atoms with Crippen molar-refractivity contribution in [3.63, 3.8) is 0 Å². The van der Waals surface area contributed by atoms with Gasteiger partial charge in [0, 0.05) is 13.6 Å². The van der Waals surface area contributed by atoms with Crippen LogP contribution >= 0.6 is 0 Å². The Labute approximate surface area is 107 Å². The molecule has 2 fully saturated rings. The minimum absolute atomic E-state index is 0.107. The number of rotatable bonds is 4. The van der Waals surface area contributed by atoms with Gasteiger partial charge in [0.15, 0.2) is 0 Å². The van der Waals surface area contributed by atoms with Gasteiger partial charge in [0.1, 0.15) is 12.1 Å². The summed E-state index contributed by atoms with van der Waals surface area (Å²) in [4.78, 5) is 25.7. The molecule has 0 bridgehead atoms. The molecule has 1 N–H and O–H groups in total. The number of amides is 1. The smallest absolute Gasteiger partial charge is 0.323 e. The van der Waals surface area contributed by atoms with Gasteiger partial charge in [-0.05, 0) is 18.8 Å². The third-order valence-electron chi connectivity index (χ3n) is 3.59. The van der Waals surface area contributed by atoms with Crippen molar-refractivity contribution in [3.8, 4) is 0 Å². The van der Waals surface area contributed by atoms with Crippen LogP contribution in [0.25, 0.3) is 0 Å². The topological polar surface area (TPSA) is 67.9 Å². The summed E-state index contributed by atoms with van der Waals surface area (Å²) in [7, 11) is 2.99. The Morgan fingerprint density at radius 3 is 2.72 bits per heavy atom. The third kappa shape index (κ3) is 2.64. The monoisotopic (exact) mass is 256 g/mol. The predicted molar refractivity (Wildman–Crippen MR) is 63.9 cm³/mol. The Morgan fingerprint density at radius 2 is 2.17 bits per heavy atom. The van der Waals surface area contributed by atoms with E-state index < -0.39 is 6.04 Å². The highest BCUT2D eigenvalue weighted by Crippen LogP contribution is 2.37. The lowest BCUT2D eigenvalue weighted by molar-refractivity contribution is -0.154. The van der Waals surface area contributed by atoms with Crippen molar-refractivity contribution in [3.05, 3.63) is 0 Å². The summed E-state index contributed by atoms with van der Waals surface area (Å²) in [6.07, 6.45) is 2.05. The van der Waals surface area contributed by atoms with Gasteiger partial charge in [-0.25, -0.2) is 0 Å². The van der Waals surface area contributed by atoms with E-state index in [1.165, 1.54) is 7.11 Å². The molecule has 1 saturated heterocycles. The maximum absolute atomic E-state index is 11.9. The van der Waals surface area contributed by atoms with Crippen LogP contribution in [0.1, 0.15) is 12.8 Å². The summed E-state index contributed by atoms with van der Waals surface area (Å²) in [6, 6.07) is -0.699. The normalized spacial score (nSPS) is 26.4. The Bertz CT molecular complexity index is 330. The van der Waals surface area contributed by atoms with E-state index >= 15 is 0 Å². The Hall–Kier alpha value is -1.14. The Kier molecular flexibility index (Phi) is 4.19. The zero-order valence-electron chi connectivity index (χ0n) is 10.8. The van der Waals surface area contributed by atoms with Gasteiger partial charge < -0.3 is 14.8 Å². The van der Waals surface area contributed by atoms with Crippen LogP contribution in [0.15, 0.2) is 0 Å². The average Bonchev–Trinajstić information content (AvgIpc) is 3.23. The number of esters is 1. The summed E-state index contributed by atoms with van der Waals surface area (Å²) in [5, 5.41) is 2.62. The van der Waals surface area contributed by atoms with Crippen molar-refractivity contribution in [1.29, 1.82) is 0 Å². The molecule has 1 aliphatic carbocycles. The van der Waals surface area contributed by atoms with Gasteiger partial charge in [0.25, 0.3) is 0 Å². The highest BCUT2D eigenvalue weighted by Gasteiger charge is 2.45. The van der Waals surface area contributed by atoms with Crippen LogP contribution in [0.2, 0.25) is 0 Å². The zero-order valence-corrected chi connectivity index (χ0v) is 10.8. The van der Waals surface area contributed by atoms with Gasteiger partial charge in [-0.3, -0.25) is 14.5 Å². The third-order valence-corrected chi connectivity index (χ3v) is 3.59. The molecule has 102 valence electrons. The molecule has 0 aromatic carbocycles. The second kappa shape index (κ2) is 5.67. The van der Waals surface area contributed by atoms with Crippen molar-refractivity contribution >= 4 is 11.9 Å². The van der Waals surface area contributed by atoms with Crippen molar-refractivity contribution in [1.82, 2.24) is 10.2 Å². The van der Waals surface area contributed by atoms with Crippen LogP contribution in [0.5, 0.6) is 0 Å². The lowest BCUT2D eigenvalue weighted by atomic mass is 10.1. The Balaban J connectivity index is 2.14. The molecule has 18 heavy (non-hydrogen) atoms. The van der Waals surface area contributed by atoms with Crippen LogP contribution in [-0.4, -0.2) is 62.8 Å². The summed E-state index contributed by atoms with van der Waals surface area (Å²) < 4.78 is 10.2. The predicted octanol–water partition coefficient (Wildman–Crippen LogP) is -0.615. The zero-order chi connectivity index (χ0) is 13.1. The van der Waals surface area contributed by atoms with Crippen LogP contribution in [0.4, 0.5) is 0 Å². The number of carbonyl (C=O) groups excluding carboxylic acids is 2. The molecule has 0 radical (unpaired) electrons. The second-order valence-electron chi connectivity index (χ2n) is 4.75. The van der Waals surface area contributed by atoms with Crippen molar-refractivity contribution in [2.45, 2.75) is 24.9 Å². The van der Waals surface area contributed by atoms with E-state index in [9.17, 15) is 9.59 Å². The van der Waals surface area contributed by atoms with E-state index in [2.05, 4.69) is 5.32 Å². The van der Waals surface area contributed by atoms with Crippen LogP contribution in [0, 0.1) is 5.92 Å². The van der Waals surface area contributed by atoms with Crippen molar-refractivity contribution in [2.24, 2.45) is 5.92 Å². The molecule has 1 heterocycles. The molecule has 0 aromatic rings. The SMILES string of the molecule is CNC(=O)C1COCCN1C(C(=O)OC)C1CC1. The van der Waals surface area contributed by atoms with Gasteiger partial charge in [-0.2, -0.15) is 0 Å². The van der Waals surface area contributed by atoms with E-state index in [1.54, 1.807) is 7.05 Å². The van der Waals surface area contributed by atoms with E-state index in [1.807, 2.05) is 4.90 Å². The number of hydrogen-bond donors (Lipinski definition) is 1. The summed E-state index contributed by atoms with van der Waals surface area (Å²) in [6.45, 7) is 1.47. The first kappa shape index (κ1) is 13.3. The highest BCUT2D eigenvalue weighted by molar-refractivity contribution is 5.83.